The van der Waals surface area contributed by atoms with Crippen LogP contribution in [-0.4, -0.2) is 7.05 Å². The number of nitrogens with two attached hydrogens (primary N) is 1. The van der Waals surface area contributed by atoms with Gasteiger partial charge in [0.15, 0.2) is 0 Å². The lowest BCUT2D eigenvalue weighted by molar-refractivity contribution is 0.902. The largest absolute Gasteiger partial charge is 0.370 e. The molecule has 0 amide bonds. The molecule has 0 aliphatic rings. The van der Waals surface area contributed by atoms with Gasteiger partial charge in [0.05, 0.1) is 0 Å². The SMILES string of the molecule is Cc1ccc(CN)c(N(C)Cc2ccc(Cl)cc2)c1. The van der Waals surface area contributed by atoms with E-state index in [9.17, 15) is 0 Å². The van der Waals surface area contributed by atoms with Gasteiger partial charge in [-0.05, 0) is 41.8 Å². The van der Waals surface area contributed by atoms with Gasteiger partial charge in [0, 0.05) is 30.8 Å². The van der Waals surface area contributed by atoms with Gasteiger partial charge in [-0.1, -0.05) is 35.9 Å². The molecule has 2 N–H and O–H groups in total. The summed E-state index contributed by atoms with van der Waals surface area (Å²) in [6, 6.07) is 14.3. The van der Waals surface area contributed by atoms with Crippen LogP contribution in [0.1, 0.15) is 16.7 Å². The zero-order valence-corrected chi connectivity index (χ0v) is 12.1. The summed E-state index contributed by atoms with van der Waals surface area (Å²) in [5, 5.41) is 0.768. The van der Waals surface area contributed by atoms with Gasteiger partial charge in [-0.25, -0.2) is 0 Å². The molecule has 0 atom stereocenters. The number of halogens is 1. The summed E-state index contributed by atoms with van der Waals surface area (Å²) >= 11 is 5.90. The molecule has 0 radical (unpaired) electrons. The van der Waals surface area contributed by atoms with Crippen LogP contribution in [0.2, 0.25) is 5.02 Å². The molecule has 2 rings (SSSR count). The Hall–Kier alpha value is -1.51. The maximum absolute atomic E-state index is 5.90. The minimum Gasteiger partial charge on any atom is -0.370 e. The van der Waals surface area contributed by atoms with E-state index in [4.69, 9.17) is 17.3 Å². The van der Waals surface area contributed by atoms with Crippen molar-refractivity contribution in [2.45, 2.75) is 20.0 Å². The molecule has 0 heterocycles. The predicted molar refractivity (Wildman–Crippen MR) is 82.6 cm³/mol. The van der Waals surface area contributed by atoms with E-state index < -0.39 is 0 Å². The predicted octanol–water partition coefficient (Wildman–Crippen LogP) is 3.74. The van der Waals surface area contributed by atoms with Crippen LogP contribution in [0.5, 0.6) is 0 Å². The maximum atomic E-state index is 5.90. The Bertz CT molecular complexity index is 549. The molecule has 0 saturated carbocycles. The lowest BCUT2D eigenvalue weighted by Gasteiger charge is -2.23. The number of rotatable bonds is 4. The summed E-state index contributed by atoms with van der Waals surface area (Å²) in [5.41, 5.74) is 10.6. The lowest BCUT2D eigenvalue weighted by Crippen LogP contribution is -2.19. The number of hydrogen-bond donors (Lipinski definition) is 1. The molecule has 0 spiro atoms. The van der Waals surface area contributed by atoms with Crippen LogP contribution in [0.4, 0.5) is 5.69 Å². The third-order valence-electron chi connectivity index (χ3n) is 3.20. The Morgan fingerprint density at radius 1 is 1.11 bits per heavy atom. The van der Waals surface area contributed by atoms with Crippen LogP contribution in [0.25, 0.3) is 0 Å². The average Bonchev–Trinajstić information content (AvgIpc) is 2.41. The van der Waals surface area contributed by atoms with E-state index in [-0.39, 0.29) is 0 Å². The summed E-state index contributed by atoms with van der Waals surface area (Å²) in [4.78, 5) is 2.22. The molecule has 0 bridgehead atoms. The molecule has 2 aromatic carbocycles. The van der Waals surface area contributed by atoms with Crippen molar-refractivity contribution in [3.8, 4) is 0 Å². The Labute approximate surface area is 119 Å². The van der Waals surface area contributed by atoms with Gasteiger partial charge in [-0.3, -0.25) is 0 Å². The topological polar surface area (TPSA) is 29.3 Å². The van der Waals surface area contributed by atoms with Crippen LogP contribution < -0.4 is 10.6 Å². The van der Waals surface area contributed by atoms with Gasteiger partial charge < -0.3 is 10.6 Å². The van der Waals surface area contributed by atoms with Crippen molar-refractivity contribution in [3.63, 3.8) is 0 Å². The second-order valence-electron chi connectivity index (χ2n) is 4.82. The molecule has 2 aromatic rings. The van der Waals surface area contributed by atoms with Gasteiger partial charge in [-0.15, -0.1) is 0 Å². The zero-order valence-electron chi connectivity index (χ0n) is 11.4. The highest BCUT2D eigenvalue weighted by atomic mass is 35.5. The standard InChI is InChI=1S/C16H19ClN2/c1-12-3-6-14(10-18)16(9-12)19(2)11-13-4-7-15(17)8-5-13/h3-9H,10-11,18H2,1-2H3. The molecular formula is C16H19ClN2. The number of benzene rings is 2. The second kappa shape index (κ2) is 6.09. The van der Waals surface area contributed by atoms with Crippen LogP contribution >= 0.6 is 11.6 Å². The van der Waals surface area contributed by atoms with E-state index in [1.54, 1.807) is 0 Å². The van der Waals surface area contributed by atoms with E-state index in [1.807, 2.05) is 12.1 Å². The van der Waals surface area contributed by atoms with Crippen LogP contribution in [0.15, 0.2) is 42.5 Å². The first kappa shape index (κ1) is 13.9. The van der Waals surface area contributed by atoms with Gasteiger partial charge in [0.2, 0.25) is 0 Å². The molecule has 0 unspecified atom stereocenters. The number of aryl methyl sites for hydroxylation is 1. The van der Waals surface area contributed by atoms with Crippen molar-refractivity contribution in [1.82, 2.24) is 0 Å². The summed E-state index contributed by atoms with van der Waals surface area (Å²) < 4.78 is 0. The summed E-state index contributed by atoms with van der Waals surface area (Å²) in [6.45, 7) is 3.49. The lowest BCUT2D eigenvalue weighted by atomic mass is 10.1. The van der Waals surface area contributed by atoms with E-state index in [0.29, 0.717) is 6.54 Å². The number of hydrogen-bond acceptors (Lipinski definition) is 2. The molecule has 0 aromatic heterocycles. The quantitative estimate of drug-likeness (QED) is 0.920. The zero-order chi connectivity index (χ0) is 13.8. The normalized spacial score (nSPS) is 10.5. The first-order valence-electron chi connectivity index (χ1n) is 6.35. The molecule has 19 heavy (non-hydrogen) atoms. The highest BCUT2D eigenvalue weighted by molar-refractivity contribution is 6.30. The summed E-state index contributed by atoms with van der Waals surface area (Å²) in [7, 11) is 2.09. The fourth-order valence-corrected chi connectivity index (χ4v) is 2.28. The average molecular weight is 275 g/mol. The second-order valence-corrected chi connectivity index (χ2v) is 5.26. The summed E-state index contributed by atoms with van der Waals surface area (Å²) in [5.74, 6) is 0. The Kier molecular flexibility index (Phi) is 4.46. The first-order valence-corrected chi connectivity index (χ1v) is 6.73. The third kappa shape index (κ3) is 3.49. The summed E-state index contributed by atoms with van der Waals surface area (Å²) in [6.07, 6.45) is 0. The minimum absolute atomic E-state index is 0.556. The Morgan fingerprint density at radius 2 is 1.79 bits per heavy atom. The van der Waals surface area contributed by atoms with E-state index in [0.717, 1.165) is 11.6 Å². The van der Waals surface area contributed by atoms with Crippen molar-refractivity contribution in [2.75, 3.05) is 11.9 Å². The van der Waals surface area contributed by atoms with Crippen molar-refractivity contribution in [1.29, 1.82) is 0 Å². The highest BCUT2D eigenvalue weighted by Gasteiger charge is 2.07. The Balaban J connectivity index is 2.21. The van der Waals surface area contributed by atoms with Gasteiger partial charge >= 0.3 is 0 Å². The highest BCUT2D eigenvalue weighted by Crippen LogP contribution is 2.23. The van der Waals surface area contributed by atoms with Crippen LogP contribution in [0, 0.1) is 6.92 Å². The number of anilines is 1. The third-order valence-corrected chi connectivity index (χ3v) is 3.46. The smallest absolute Gasteiger partial charge is 0.0426 e. The van der Waals surface area contributed by atoms with E-state index in [2.05, 4.69) is 49.2 Å². The fraction of sp³-hybridized carbons (Fsp3) is 0.250. The molecule has 0 aliphatic carbocycles. The van der Waals surface area contributed by atoms with E-state index in [1.165, 1.54) is 22.4 Å². The monoisotopic (exact) mass is 274 g/mol. The van der Waals surface area contributed by atoms with Gasteiger partial charge in [0.1, 0.15) is 0 Å². The van der Waals surface area contributed by atoms with Crippen molar-refractivity contribution < 1.29 is 0 Å². The minimum atomic E-state index is 0.556. The van der Waals surface area contributed by atoms with Crippen LogP contribution in [-0.2, 0) is 13.1 Å². The molecule has 3 heteroatoms. The number of nitrogens with zero attached hydrogens (tertiary/aromatic N) is 1. The maximum Gasteiger partial charge on any atom is 0.0426 e. The van der Waals surface area contributed by atoms with Gasteiger partial charge in [0.25, 0.3) is 0 Å². The molecule has 2 nitrogen and oxygen atoms in total. The van der Waals surface area contributed by atoms with Crippen molar-refractivity contribution >= 4 is 17.3 Å². The van der Waals surface area contributed by atoms with Gasteiger partial charge in [-0.2, -0.15) is 0 Å². The fourth-order valence-electron chi connectivity index (χ4n) is 2.15. The Morgan fingerprint density at radius 3 is 2.42 bits per heavy atom. The molecule has 0 saturated heterocycles. The molecule has 0 aliphatic heterocycles. The van der Waals surface area contributed by atoms with Crippen molar-refractivity contribution in [2.24, 2.45) is 5.73 Å². The van der Waals surface area contributed by atoms with Crippen LogP contribution in [0.3, 0.4) is 0 Å². The van der Waals surface area contributed by atoms with E-state index >= 15 is 0 Å². The van der Waals surface area contributed by atoms with Crippen molar-refractivity contribution in [3.05, 3.63) is 64.2 Å². The first-order chi connectivity index (χ1) is 9.10. The molecule has 0 fully saturated rings. The molecule has 100 valence electrons. The molecular weight excluding hydrogens is 256 g/mol.